The molecule has 0 fully saturated rings. The van der Waals surface area contributed by atoms with Gasteiger partial charge < -0.3 is 4.74 Å². The SMILES string of the molecule is CCCCC#Cc1cccc(CCC(N)OC(=O)C(F)(F)F)c1. The Balaban J connectivity index is 2.51. The van der Waals surface area contributed by atoms with Gasteiger partial charge in [0, 0.05) is 18.4 Å². The molecule has 2 N–H and O–H groups in total. The molecule has 3 nitrogen and oxygen atoms in total. The summed E-state index contributed by atoms with van der Waals surface area (Å²) in [7, 11) is 0. The predicted octanol–water partition coefficient (Wildman–Crippen LogP) is 3.55. The average molecular weight is 327 g/mol. The van der Waals surface area contributed by atoms with Crippen molar-refractivity contribution in [2.45, 2.75) is 51.4 Å². The molecule has 0 radical (unpaired) electrons. The zero-order chi connectivity index (χ0) is 17.3. The van der Waals surface area contributed by atoms with E-state index in [1.165, 1.54) is 0 Å². The van der Waals surface area contributed by atoms with Crippen molar-refractivity contribution in [3.05, 3.63) is 35.4 Å². The highest BCUT2D eigenvalue weighted by Crippen LogP contribution is 2.18. The van der Waals surface area contributed by atoms with E-state index in [0.29, 0.717) is 6.42 Å². The molecule has 0 amide bonds. The number of esters is 1. The number of rotatable bonds is 6. The van der Waals surface area contributed by atoms with Crippen molar-refractivity contribution >= 4 is 5.97 Å². The standard InChI is InChI=1S/C17H20F3NO2/c1-2-3-4-5-7-13-8-6-9-14(12-13)10-11-15(21)23-16(22)17(18,19)20/h6,8-9,12,15H,2-4,10-11,21H2,1H3. The third-order valence-electron chi connectivity index (χ3n) is 3.02. The van der Waals surface area contributed by atoms with Crippen molar-refractivity contribution in [2.24, 2.45) is 5.73 Å². The number of hydrogen-bond donors (Lipinski definition) is 1. The molecule has 1 unspecified atom stereocenters. The Morgan fingerprint density at radius 2 is 2.13 bits per heavy atom. The molecule has 1 aromatic carbocycles. The van der Waals surface area contributed by atoms with Crippen LogP contribution in [0.2, 0.25) is 0 Å². The molecular formula is C17H20F3NO2. The summed E-state index contributed by atoms with van der Waals surface area (Å²) in [6.07, 6.45) is -2.84. The zero-order valence-electron chi connectivity index (χ0n) is 13.0. The zero-order valence-corrected chi connectivity index (χ0v) is 13.0. The van der Waals surface area contributed by atoms with Crippen LogP contribution in [-0.2, 0) is 16.0 Å². The van der Waals surface area contributed by atoms with Gasteiger partial charge in [-0.2, -0.15) is 13.2 Å². The first-order valence-corrected chi connectivity index (χ1v) is 7.44. The maximum absolute atomic E-state index is 12.1. The second kappa shape index (κ2) is 9.21. The summed E-state index contributed by atoms with van der Waals surface area (Å²) < 4.78 is 40.3. The van der Waals surface area contributed by atoms with Gasteiger partial charge in [-0.25, -0.2) is 4.79 Å². The van der Waals surface area contributed by atoms with E-state index in [-0.39, 0.29) is 6.42 Å². The summed E-state index contributed by atoms with van der Waals surface area (Å²) >= 11 is 0. The van der Waals surface area contributed by atoms with E-state index in [2.05, 4.69) is 23.5 Å². The minimum atomic E-state index is -5.02. The van der Waals surface area contributed by atoms with Crippen LogP contribution in [0.15, 0.2) is 24.3 Å². The predicted molar refractivity (Wildman–Crippen MR) is 81.3 cm³/mol. The Labute approximate surface area is 134 Å². The normalized spacial score (nSPS) is 12.2. The fraction of sp³-hybridized carbons (Fsp3) is 0.471. The molecule has 1 rings (SSSR count). The molecule has 23 heavy (non-hydrogen) atoms. The average Bonchev–Trinajstić information content (AvgIpc) is 2.49. The van der Waals surface area contributed by atoms with E-state index in [0.717, 1.165) is 30.4 Å². The van der Waals surface area contributed by atoms with Crippen LogP contribution in [0.4, 0.5) is 13.2 Å². The van der Waals surface area contributed by atoms with Crippen molar-refractivity contribution < 1.29 is 22.7 Å². The number of carbonyl (C=O) groups is 1. The maximum Gasteiger partial charge on any atom is 0.490 e. The molecule has 126 valence electrons. The molecule has 0 aromatic heterocycles. The number of alkyl halides is 3. The largest absolute Gasteiger partial charge is 0.490 e. The van der Waals surface area contributed by atoms with E-state index < -0.39 is 18.4 Å². The number of unbranched alkanes of at least 4 members (excludes halogenated alkanes) is 2. The van der Waals surface area contributed by atoms with Crippen LogP contribution >= 0.6 is 0 Å². The van der Waals surface area contributed by atoms with Gasteiger partial charge in [-0.3, -0.25) is 5.73 Å². The highest BCUT2D eigenvalue weighted by Gasteiger charge is 2.41. The number of ether oxygens (including phenoxy) is 1. The molecule has 0 saturated heterocycles. The summed E-state index contributed by atoms with van der Waals surface area (Å²) in [5.74, 6) is 3.85. The van der Waals surface area contributed by atoms with Gasteiger partial charge in [0.15, 0.2) is 6.23 Å². The first kappa shape index (κ1) is 19.0. The summed E-state index contributed by atoms with van der Waals surface area (Å²) in [5, 5.41) is 0. The topological polar surface area (TPSA) is 52.3 Å². The molecular weight excluding hydrogens is 307 g/mol. The van der Waals surface area contributed by atoms with Crippen LogP contribution in [0.1, 0.15) is 43.7 Å². The Bertz CT molecular complexity index is 573. The lowest BCUT2D eigenvalue weighted by molar-refractivity contribution is -0.204. The van der Waals surface area contributed by atoms with Crippen LogP contribution in [-0.4, -0.2) is 18.4 Å². The fourth-order valence-corrected chi connectivity index (χ4v) is 1.81. The van der Waals surface area contributed by atoms with E-state index in [9.17, 15) is 18.0 Å². The lowest BCUT2D eigenvalue weighted by Gasteiger charge is -2.14. The molecule has 0 aliphatic carbocycles. The second-order valence-corrected chi connectivity index (χ2v) is 5.09. The van der Waals surface area contributed by atoms with Gasteiger partial charge in [0.2, 0.25) is 0 Å². The first-order valence-electron chi connectivity index (χ1n) is 7.44. The van der Waals surface area contributed by atoms with Gasteiger partial charge in [0.25, 0.3) is 0 Å². The Morgan fingerprint density at radius 3 is 2.78 bits per heavy atom. The number of nitrogens with two attached hydrogens (primary N) is 1. The quantitative estimate of drug-likeness (QED) is 0.376. The van der Waals surface area contributed by atoms with Crippen LogP contribution in [0, 0.1) is 11.8 Å². The van der Waals surface area contributed by atoms with E-state index in [1.807, 2.05) is 24.3 Å². The molecule has 0 aliphatic rings. The summed E-state index contributed by atoms with van der Waals surface area (Å²) in [6.45, 7) is 2.09. The van der Waals surface area contributed by atoms with Gasteiger partial charge in [-0.05, 0) is 30.5 Å². The summed E-state index contributed by atoms with van der Waals surface area (Å²) in [6, 6.07) is 7.38. The van der Waals surface area contributed by atoms with Gasteiger partial charge in [-0.15, -0.1) is 0 Å². The van der Waals surface area contributed by atoms with Gasteiger partial charge >= 0.3 is 12.1 Å². The van der Waals surface area contributed by atoms with E-state index >= 15 is 0 Å². The van der Waals surface area contributed by atoms with Crippen molar-refractivity contribution in [3.8, 4) is 11.8 Å². The molecule has 0 bridgehead atoms. The summed E-state index contributed by atoms with van der Waals surface area (Å²) in [5.41, 5.74) is 7.13. The van der Waals surface area contributed by atoms with Crippen LogP contribution < -0.4 is 5.73 Å². The number of aryl methyl sites for hydroxylation is 1. The van der Waals surface area contributed by atoms with Crippen molar-refractivity contribution in [2.75, 3.05) is 0 Å². The monoisotopic (exact) mass is 327 g/mol. The molecule has 1 atom stereocenters. The number of halogens is 3. The van der Waals surface area contributed by atoms with Gasteiger partial charge in [0.1, 0.15) is 0 Å². The minimum absolute atomic E-state index is 0.106. The highest BCUT2D eigenvalue weighted by molar-refractivity contribution is 5.75. The lowest BCUT2D eigenvalue weighted by Crippen LogP contribution is -2.34. The van der Waals surface area contributed by atoms with Crippen LogP contribution in [0.5, 0.6) is 0 Å². The number of benzene rings is 1. The van der Waals surface area contributed by atoms with Crippen molar-refractivity contribution in [1.29, 1.82) is 0 Å². The molecule has 0 aliphatic heterocycles. The van der Waals surface area contributed by atoms with Crippen molar-refractivity contribution in [1.82, 2.24) is 0 Å². The first-order chi connectivity index (χ1) is 10.8. The third-order valence-corrected chi connectivity index (χ3v) is 3.02. The molecule has 6 heteroatoms. The smallest absolute Gasteiger partial charge is 0.440 e. The molecule has 0 heterocycles. The molecule has 1 aromatic rings. The lowest BCUT2D eigenvalue weighted by atomic mass is 10.1. The highest BCUT2D eigenvalue weighted by atomic mass is 19.4. The second-order valence-electron chi connectivity index (χ2n) is 5.09. The molecule has 0 saturated carbocycles. The van der Waals surface area contributed by atoms with Gasteiger partial charge in [-0.1, -0.05) is 37.3 Å². The number of hydrogen-bond acceptors (Lipinski definition) is 3. The Kier molecular flexibility index (Phi) is 7.63. The Hall–Kier alpha value is -2.00. The fourth-order valence-electron chi connectivity index (χ4n) is 1.81. The molecule has 0 spiro atoms. The summed E-state index contributed by atoms with van der Waals surface area (Å²) in [4.78, 5) is 10.7. The van der Waals surface area contributed by atoms with Gasteiger partial charge in [0.05, 0.1) is 0 Å². The van der Waals surface area contributed by atoms with E-state index in [1.54, 1.807) is 0 Å². The van der Waals surface area contributed by atoms with Crippen LogP contribution in [0.25, 0.3) is 0 Å². The number of carbonyl (C=O) groups excluding carboxylic acids is 1. The van der Waals surface area contributed by atoms with Crippen LogP contribution in [0.3, 0.4) is 0 Å². The maximum atomic E-state index is 12.1. The minimum Gasteiger partial charge on any atom is -0.440 e. The van der Waals surface area contributed by atoms with E-state index in [4.69, 9.17) is 5.73 Å². The Morgan fingerprint density at radius 1 is 1.39 bits per heavy atom. The van der Waals surface area contributed by atoms with Crippen molar-refractivity contribution in [3.63, 3.8) is 0 Å². The third kappa shape index (κ3) is 7.71.